The number of rotatable bonds is 2. The molecule has 0 aromatic rings. The van der Waals surface area contributed by atoms with Gasteiger partial charge in [0.15, 0.2) is 0 Å². The van der Waals surface area contributed by atoms with Crippen molar-refractivity contribution in [2.45, 2.75) is 6.42 Å². The summed E-state index contributed by atoms with van der Waals surface area (Å²) >= 11 is 7.85. The molecular formula is C4H2ClFeO2. The zero-order valence-corrected chi connectivity index (χ0v) is 5.62. The fraction of sp³-hybridized carbons (Fsp3) is 0.250. The van der Waals surface area contributed by atoms with Crippen molar-refractivity contribution in [3.05, 3.63) is 0 Å². The fourth-order valence-electron chi connectivity index (χ4n) is 0.157. The summed E-state index contributed by atoms with van der Waals surface area (Å²) in [5, 5.41) is -0.675. The van der Waals surface area contributed by atoms with E-state index in [9.17, 15) is 9.59 Å². The van der Waals surface area contributed by atoms with Gasteiger partial charge in [-0.05, 0) is 0 Å². The molecule has 0 atom stereocenters. The van der Waals surface area contributed by atoms with Crippen LogP contribution >= 0.6 is 11.6 Å². The van der Waals surface area contributed by atoms with Gasteiger partial charge >= 0.3 is 58.7 Å². The standard InChI is InChI=1S/C4H2ClO2.Fe/c1-3(6)2-4(5)7;/h2H2;. The molecule has 0 heterocycles. The Balaban J connectivity index is 3.61. The van der Waals surface area contributed by atoms with E-state index in [1.807, 2.05) is 4.73 Å². The summed E-state index contributed by atoms with van der Waals surface area (Å²) in [4.78, 5) is 20.0. The van der Waals surface area contributed by atoms with Gasteiger partial charge in [-0.3, -0.25) is 0 Å². The molecule has 0 aromatic heterocycles. The number of Topliss-reactive ketones (excluding diaryl/α,β-unsaturated/α-hetero) is 1. The topological polar surface area (TPSA) is 34.1 Å². The summed E-state index contributed by atoms with van der Waals surface area (Å²) in [6, 6.07) is 0. The van der Waals surface area contributed by atoms with Gasteiger partial charge in [0.25, 0.3) is 0 Å². The summed E-state index contributed by atoms with van der Waals surface area (Å²) < 4.78 is 2.00. The minimum absolute atomic E-state index is 0.301. The van der Waals surface area contributed by atoms with Crippen LogP contribution in [-0.2, 0) is 25.0 Å². The maximum absolute atomic E-state index is 10.1. The number of ketones is 1. The van der Waals surface area contributed by atoms with Crippen LogP contribution < -0.4 is 0 Å². The van der Waals surface area contributed by atoms with E-state index in [1.54, 1.807) is 0 Å². The Bertz CT molecular complexity index is 158. The second kappa shape index (κ2) is 3.87. The summed E-state index contributed by atoms with van der Waals surface area (Å²) in [5.41, 5.74) is 0. The number of hydrogen-bond acceptors (Lipinski definition) is 2. The van der Waals surface area contributed by atoms with E-state index in [2.05, 4.69) is 15.4 Å². The Hall–Kier alpha value is -0.0705. The summed E-state index contributed by atoms with van der Waals surface area (Å²) in [5.74, 6) is -0.468. The summed E-state index contributed by atoms with van der Waals surface area (Å²) in [6.07, 6.45) is -0.301. The maximum atomic E-state index is 10.1. The van der Waals surface area contributed by atoms with Crippen molar-refractivity contribution < 1.29 is 25.0 Å². The summed E-state index contributed by atoms with van der Waals surface area (Å²) in [7, 11) is 0. The van der Waals surface area contributed by atoms with E-state index in [1.165, 1.54) is 0 Å². The molecule has 0 amide bonds. The molecule has 0 saturated carbocycles. The average molecular weight is 173 g/mol. The van der Waals surface area contributed by atoms with E-state index in [0.717, 1.165) is 0 Å². The second-order valence-electron chi connectivity index (χ2n) is 1.04. The van der Waals surface area contributed by atoms with Gasteiger partial charge in [-0.15, -0.1) is 0 Å². The molecule has 0 aliphatic rings. The first-order chi connectivity index (χ1) is 3.66. The molecule has 0 spiro atoms. The normalized spacial score (nSPS) is 7.62. The quantitative estimate of drug-likeness (QED) is 0.340. The Morgan fingerprint density at radius 2 is 2.12 bits per heavy atom. The first-order valence-electron chi connectivity index (χ1n) is 1.73. The van der Waals surface area contributed by atoms with Crippen LogP contribution in [0.5, 0.6) is 0 Å². The van der Waals surface area contributed by atoms with Crippen molar-refractivity contribution in [3.8, 4) is 4.73 Å². The van der Waals surface area contributed by atoms with E-state index >= 15 is 0 Å². The Morgan fingerprint density at radius 3 is 2.25 bits per heavy atom. The van der Waals surface area contributed by atoms with Crippen molar-refractivity contribution in [2.75, 3.05) is 0 Å². The Labute approximate surface area is 59.2 Å². The first kappa shape index (κ1) is 7.93. The Kier molecular flexibility index (Phi) is 3.84. The van der Waals surface area contributed by atoms with Crippen LogP contribution in [0.25, 0.3) is 0 Å². The monoisotopic (exact) mass is 173 g/mol. The van der Waals surface area contributed by atoms with Crippen molar-refractivity contribution in [2.24, 2.45) is 0 Å². The van der Waals surface area contributed by atoms with Crippen LogP contribution in [0.2, 0.25) is 0 Å². The molecule has 4 heteroatoms. The molecular weight excluding hydrogens is 171 g/mol. The molecule has 0 saturated heterocycles. The molecule has 0 aliphatic heterocycles. The molecule has 0 aliphatic carbocycles. The molecule has 0 aromatic carbocycles. The van der Waals surface area contributed by atoms with E-state index < -0.39 is 11.0 Å². The van der Waals surface area contributed by atoms with Gasteiger partial charge in [-0.25, -0.2) is 0 Å². The molecule has 0 radical (unpaired) electrons. The van der Waals surface area contributed by atoms with Crippen LogP contribution in [0, 0.1) is 4.73 Å². The fourth-order valence-corrected chi connectivity index (χ4v) is 0.376. The van der Waals surface area contributed by atoms with E-state index in [0.29, 0.717) is 0 Å². The third kappa shape index (κ3) is 4.10. The molecule has 0 fully saturated rings. The average Bonchev–Trinajstić information content (AvgIpc) is 1.65. The molecule has 8 heavy (non-hydrogen) atoms. The zero-order chi connectivity index (χ0) is 6.57. The van der Waals surface area contributed by atoms with Gasteiger partial charge in [0.1, 0.15) is 0 Å². The predicted molar refractivity (Wildman–Crippen MR) is 24.4 cm³/mol. The summed E-state index contributed by atoms with van der Waals surface area (Å²) in [6.45, 7) is 0. The van der Waals surface area contributed by atoms with Crippen molar-refractivity contribution in [3.63, 3.8) is 0 Å². The number of carbonyl (C=O) groups excluding carboxylic acids is 2. The van der Waals surface area contributed by atoms with Crippen LogP contribution in [0.1, 0.15) is 6.42 Å². The van der Waals surface area contributed by atoms with Crippen molar-refractivity contribution in [1.29, 1.82) is 0 Å². The SMILES string of the molecule is O=C(Cl)CC(=O)[C]#[Fe]. The third-order valence-corrected chi connectivity index (χ3v) is 0.840. The molecule has 0 rings (SSSR count). The van der Waals surface area contributed by atoms with Crippen molar-refractivity contribution >= 4 is 22.6 Å². The number of hydrogen-bond donors (Lipinski definition) is 0. The van der Waals surface area contributed by atoms with E-state index in [-0.39, 0.29) is 6.42 Å². The van der Waals surface area contributed by atoms with Crippen molar-refractivity contribution in [1.82, 2.24) is 0 Å². The van der Waals surface area contributed by atoms with E-state index in [4.69, 9.17) is 11.6 Å². The van der Waals surface area contributed by atoms with Gasteiger partial charge in [-0.1, -0.05) is 0 Å². The van der Waals surface area contributed by atoms with Crippen LogP contribution in [0.4, 0.5) is 0 Å². The minimum atomic E-state index is -0.675. The van der Waals surface area contributed by atoms with Crippen LogP contribution in [0.3, 0.4) is 0 Å². The molecule has 2 nitrogen and oxygen atoms in total. The van der Waals surface area contributed by atoms with Gasteiger partial charge < -0.3 is 0 Å². The Morgan fingerprint density at radius 1 is 1.62 bits per heavy atom. The molecule has 0 bridgehead atoms. The number of carbonyl (C=O) groups is 2. The second-order valence-corrected chi connectivity index (χ2v) is 1.74. The van der Waals surface area contributed by atoms with Gasteiger partial charge in [0.05, 0.1) is 0 Å². The van der Waals surface area contributed by atoms with Gasteiger partial charge in [0.2, 0.25) is 0 Å². The predicted octanol–water partition coefficient (Wildman–Crippen LogP) is 0.217. The molecule has 0 unspecified atom stereocenters. The first-order valence-corrected chi connectivity index (χ1v) is 2.66. The van der Waals surface area contributed by atoms with Crippen LogP contribution in [-0.4, -0.2) is 11.0 Å². The van der Waals surface area contributed by atoms with Gasteiger partial charge in [0, 0.05) is 0 Å². The molecule has 45 valence electrons. The van der Waals surface area contributed by atoms with Gasteiger partial charge in [-0.2, -0.15) is 0 Å². The molecule has 0 N–H and O–H groups in total. The number of halogens is 1. The third-order valence-electron chi connectivity index (χ3n) is 0.398. The van der Waals surface area contributed by atoms with Crippen LogP contribution in [0.15, 0.2) is 0 Å². The zero-order valence-electron chi connectivity index (χ0n) is 3.76.